The maximum atomic E-state index is 11.8. The van der Waals surface area contributed by atoms with E-state index in [0.29, 0.717) is 17.9 Å². The van der Waals surface area contributed by atoms with Crippen LogP contribution in [0.25, 0.3) is 0 Å². The van der Waals surface area contributed by atoms with Crippen LogP contribution in [0.15, 0.2) is 34.2 Å². The lowest BCUT2D eigenvalue weighted by Crippen LogP contribution is -2.22. The van der Waals surface area contributed by atoms with E-state index in [0.717, 1.165) is 9.35 Å². The van der Waals surface area contributed by atoms with Crippen molar-refractivity contribution in [1.82, 2.24) is 10.3 Å². The molecule has 0 fully saturated rings. The first-order valence-electron chi connectivity index (χ1n) is 4.88. The predicted octanol–water partition coefficient (Wildman–Crippen LogP) is 2.42. The van der Waals surface area contributed by atoms with Crippen molar-refractivity contribution in [2.75, 3.05) is 5.73 Å². The summed E-state index contributed by atoms with van der Waals surface area (Å²) in [6, 6.07) is 5.22. The van der Waals surface area contributed by atoms with Gasteiger partial charge < -0.3 is 11.1 Å². The summed E-state index contributed by atoms with van der Waals surface area (Å²) in [5.41, 5.74) is 5.96. The van der Waals surface area contributed by atoms with Crippen LogP contribution < -0.4 is 11.1 Å². The van der Waals surface area contributed by atoms with E-state index in [4.69, 9.17) is 5.73 Å². The van der Waals surface area contributed by atoms with Gasteiger partial charge >= 0.3 is 0 Å². The van der Waals surface area contributed by atoms with Gasteiger partial charge in [0.05, 0.1) is 12.1 Å². The van der Waals surface area contributed by atoms with Gasteiger partial charge in [-0.2, -0.15) is 0 Å². The van der Waals surface area contributed by atoms with Crippen molar-refractivity contribution in [3.05, 3.63) is 44.7 Å². The second-order valence-corrected chi connectivity index (χ2v) is 5.20. The Hall–Kier alpha value is -1.40. The number of amides is 1. The average Bonchev–Trinajstić information content (AvgIpc) is 2.73. The summed E-state index contributed by atoms with van der Waals surface area (Å²) in [4.78, 5) is 16.7. The van der Waals surface area contributed by atoms with Crippen molar-refractivity contribution in [1.29, 1.82) is 0 Å². The molecule has 0 atom stereocenters. The zero-order valence-corrected chi connectivity index (χ0v) is 11.2. The molecule has 4 nitrogen and oxygen atoms in total. The van der Waals surface area contributed by atoms with Gasteiger partial charge in [-0.3, -0.25) is 4.79 Å². The molecule has 0 spiro atoms. The number of pyridine rings is 1. The minimum atomic E-state index is -0.155. The Balaban J connectivity index is 1.98. The van der Waals surface area contributed by atoms with Gasteiger partial charge in [0.1, 0.15) is 5.82 Å². The van der Waals surface area contributed by atoms with Crippen LogP contribution in [0.2, 0.25) is 0 Å². The van der Waals surface area contributed by atoms with Gasteiger partial charge in [-0.05, 0) is 39.5 Å². The fourth-order valence-electron chi connectivity index (χ4n) is 1.25. The highest BCUT2D eigenvalue weighted by Crippen LogP contribution is 2.22. The van der Waals surface area contributed by atoms with E-state index in [1.165, 1.54) is 6.20 Å². The molecule has 0 aliphatic carbocycles. The largest absolute Gasteiger partial charge is 0.384 e. The molecule has 2 heterocycles. The molecule has 2 rings (SSSR count). The average molecular weight is 312 g/mol. The summed E-state index contributed by atoms with van der Waals surface area (Å²) >= 11 is 5.00. The molecule has 2 aromatic heterocycles. The van der Waals surface area contributed by atoms with E-state index in [-0.39, 0.29) is 5.91 Å². The van der Waals surface area contributed by atoms with Gasteiger partial charge in [0.2, 0.25) is 0 Å². The third-order valence-corrected chi connectivity index (χ3v) is 4.08. The molecule has 6 heteroatoms. The van der Waals surface area contributed by atoms with Gasteiger partial charge in [0, 0.05) is 15.5 Å². The van der Waals surface area contributed by atoms with Crippen LogP contribution in [0.5, 0.6) is 0 Å². The highest BCUT2D eigenvalue weighted by Gasteiger charge is 2.07. The van der Waals surface area contributed by atoms with Gasteiger partial charge in [-0.15, -0.1) is 11.3 Å². The van der Waals surface area contributed by atoms with Crippen molar-refractivity contribution < 1.29 is 4.79 Å². The number of nitrogens with zero attached hydrogens (tertiary/aromatic N) is 1. The third-order valence-electron chi connectivity index (χ3n) is 2.15. The van der Waals surface area contributed by atoms with Crippen molar-refractivity contribution in [3.8, 4) is 0 Å². The molecule has 3 N–H and O–H groups in total. The summed E-state index contributed by atoms with van der Waals surface area (Å²) in [6.45, 7) is 0.501. The van der Waals surface area contributed by atoms with Crippen molar-refractivity contribution in [2.45, 2.75) is 6.54 Å². The van der Waals surface area contributed by atoms with Gasteiger partial charge in [0.15, 0.2) is 0 Å². The SMILES string of the molecule is Nc1ccc(C(=O)NCc2sccc2Br)cn1. The summed E-state index contributed by atoms with van der Waals surface area (Å²) in [6.07, 6.45) is 1.47. The Bertz CT molecular complexity index is 524. The predicted molar refractivity (Wildman–Crippen MR) is 71.8 cm³/mol. The molecule has 0 saturated heterocycles. The summed E-state index contributed by atoms with van der Waals surface area (Å²) in [5, 5.41) is 4.79. The van der Waals surface area contributed by atoms with Crippen LogP contribution in [0.1, 0.15) is 15.2 Å². The molecule has 0 aliphatic heterocycles. The smallest absolute Gasteiger partial charge is 0.253 e. The van der Waals surface area contributed by atoms with Gasteiger partial charge in [0.25, 0.3) is 5.91 Å². The first-order valence-corrected chi connectivity index (χ1v) is 6.55. The van der Waals surface area contributed by atoms with Crippen LogP contribution in [0.3, 0.4) is 0 Å². The highest BCUT2D eigenvalue weighted by atomic mass is 79.9. The van der Waals surface area contributed by atoms with E-state index < -0.39 is 0 Å². The topological polar surface area (TPSA) is 68.0 Å². The number of carbonyl (C=O) groups excluding carboxylic acids is 1. The van der Waals surface area contributed by atoms with Crippen molar-refractivity contribution >= 4 is 39.0 Å². The number of hydrogen-bond acceptors (Lipinski definition) is 4. The Morgan fingerprint density at radius 1 is 1.47 bits per heavy atom. The molecule has 17 heavy (non-hydrogen) atoms. The molecular formula is C11H10BrN3OS. The highest BCUT2D eigenvalue weighted by molar-refractivity contribution is 9.10. The van der Waals surface area contributed by atoms with Crippen LogP contribution in [-0.2, 0) is 6.54 Å². The molecule has 0 aliphatic rings. The lowest BCUT2D eigenvalue weighted by molar-refractivity contribution is 0.0951. The fraction of sp³-hybridized carbons (Fsp3) is 0.0909. The Kier molecular flexibility index (Phi) is 3.75. The molecule has 0 bridgehead atoms. The standard InChI is InChI=1S/C11H10BrN3OS/c12-8-3-4-17-9(8)6-15-11(16)7-1-2-10(13)14-5-7/h1-5H,6H2,(H2,13,14)(H,15,16). The molecule has 1 amide bonds. The minimum absolute atomic E-state index is 0.155. The van der Waals surface area contributed by atoms with Crippen LogP contribution in [0.4, 0.5) is 5.82 Å². The molecule has 0 saturated carbocycles. The molecule has 0 radical (unpaired) electrons. The van der Waals surface area contributed by atoms with Crippen LogP contribution >= 0.6 is 27.3 Å². The molecule has 0 aromatic carbocycles. The van der Waals surface area contributed by atoms with E-state index in [1.807, 2.05) is 11.4 Å². The normalized spacial score (nSPS) is 10.2. The monoisotopic (exact) mass is 311 g/mol. The molecule has 2 aromatic rings. The van der Waals surface area contributed by atoms with Gasteiger partial charge in [-0.25, -0.2) is 4.98 Å². The number of nitrogen functional groups attached to an aromatic ring is 1. The number of anilines is 1. The summed E-state index contributed by atoms with van der Waals surface area (Å²) in [5.74, 6) is 0.250. The molecule has 88 valence electrons. The lowest BCUT2D eigenvalue weighted by atomic mass is 10.2. The number of rotatable bonds is 3. The summed E-state index contributed by atoms with van der Waals surface area (Å²) in [7, 11) is 0. The number of nitrogens with one attached hydrogen (secondary N) is 1. The van der Waals surface area contributed by atoms with E-state index in [2.05, 4.69) is 26.2 Å². The maximum Gasteiger partial charge on any atom is 0.253 e. The lowest BCUT2D eigenvalue weighted by Gasteiger charge is -2.04. The minimum Gasteiger partial charge on any atom is -0.384 e. The van der Waals surface area contributed by atoms with Crippen molar-refractivity contribution in [3.63, 3.8) is 0 Å². The molecular weight excluding hydrogens is 302 g/mol. The first kappa shape index (κ1) is 12.1. The third kappa shape index (κ3) is 3.04. The second kappa shape index (κ2) is 5.29. The Morgan fingerprint density at radius 3 is 2.88 bits per heavy atom. The van der Waals surface area contributed by atoms with Crippen molar-refractivity contribution in [2.24, 2.45) is 0 Å². The van der Waals surface area contributed by atoms with Crippen LogP contribution in [0, 0.1) is 0 Å². The molecule has 0 unspecified atom stereocenters. The van der Waals surface area contributed by atoms with Gasteiger partial charge in [-0.1, -0.05) is 0 Å². The quantitative estimate of drug-likeness (QED) is 0.914. The first-order chi connectivity index (χ1) is 8.16. The number of thiophene rings is 1. The Labute approximate surface area is 111 Å². The van der Waals surface area contributed by atoms with E-state index in [9.17, 15) is 4.79 Å². The van der Waals surface area contributed by atoms with E-state index in [1.54, 1.807) is 23.5 Å². The summed E-state index contributed by atoms with van der Waals surface area (Å²) < 4.78 is 1.01. The number of aromatic nitrogens is 1. The second-order valence-electron chi connectivity index (χ2n) is 3.35. The number of halogens is 1. The van der Waals surface area contributed by atoms with Crippen LogP contribution in [-0.4, -0.2) is 10.9 Å². The fourth-order valence-corrected chi connectivity index (χ4v) is 2.69. The number of hydrogen-bond donors (Lipinski definition) is 2. The maximum absolute atomic E-state index is 11.8. The zero-order chi connectivity index (χ0) is 12.3. The Morgan fingerprint density at radius 2 is 2.29 bits per heavy atom. The van der Waals surface area contributed by atoms with E-state index >= 15 is 0 Å². The number of nitrogens with two attached hydrogens (primary N) is 1. The number of carbonyl (C=O) groups is 1. The zero-order valence-electron chi connectivity index (χ0n) is 8.81.